The molecule has 9 atom stereocenters. The molecule has 4 aromatic rings. The maximum Gasteiger partial charge on any atom is 0.232 e. The van der Waals surface area contributed by atoms with Crippen LogP contribution in [0.15, 0.2) is 37.2 Å². The van der Waals surface area contributed by atoms with E-state index in [1.165, 1.54) is 17.2 Å². The summed E-state index contributed by atoms with van der Waals surface area (Å²) in [5.41, 5.74) is 9.29. The molecule has 0 aliphatic carbocycles. The fourth-order valence-corrected chi connectivity index (χ4v) is 5.83. The van der Waals surface area contributed by atoms with Crippen LogP contribution in [0, 0.1) is 0 Å². The van der Waals surface area contributed by atoms with E-state index < -0.39 is 63.0 Å². The molecule has 0 spiro atoms. The highest BCUT2D eigenvalue weighted by atomic mass is 31.2. The van der Waals surface area contributed by atoms with Gasteiger partial charge in [-0.25, -0.2) is 19.9 Å². The van der Waals surface area contributed by atoms with Crippen molar-refractivity contribution in [2.24, 2.45) is 0 Å². The normalized spacial score (nSPS) is 31.8. The van der Waals surface area contributed by atoms with Crippen molar-refractivity contribution in [3.8, 4) is 0 Å². The molecule has 46 heavy (non-hydrogen) atoms. The van der Waals surface area contributed by atoms with Crippen LogP contribution in [0.2, 0.25) is 0 Å². The molecule has 0 bridgehead atoms. The fraction of sp³-hybridized carbons (Fsp3) is 0.538. The Bertz CT molecular complexity index is 1650. The number of aromatic nitrogens is 6. The van der Waals surface area contributed by atoms with E-state index in [0.717, 1.165) is 0 Å². The van der Waals surface area contributed by atoms with Crippen LogP contribution in [-0.4, -0.2) is 113 Å². The molecule has 0 amide bonds. The number of nitrogen functional groups attached to an aromatic ring is 2. The Labute approximate surface area is 262 Å². The lowest BCUT2D eigenvalue weighted by Gasteiger charge is -2.30. The van der Waals surface area contributed by atoms with Gasteiger partial charge < -0.3 is 65.6 Å². The van der Waals surface area contributed by atoms with Crippen molar-refractivity contribution in [3.05, 3.63) is 37.2 Å². The van der Waals surface area contributed by atoms with Crippen LogP contribution in [0.25, 0.3) is 22.1 Å². The van der Waals surface area contributed by atoms with E-state index in [2.05, 4.69) is 24.6 Å². The molecule has 20 heteroatoms. The predicted octanol–water partition coefficient (Wildman–Crippen LogP) is -1.02. The van der Waals surface area contributed by atoms with E-state index in [0.29, 0.717) is 27.9 Å². The first-order chi connectivity index (χ1) is 21.9. The molecule has 0 saturated carbocycles. The zero-order chi connectivity index (χ0) is 33.4. The lowest BCUT2D eigenvalue weighted by Crippen LogP contribution is -2.46. The van der Waals surface area contributed by atoms with Crippen LogP contribution in [0.3, 0.4) is 0 Å². The number of hydrogen-bond donors (Lipinski definition) is 9. The van der Waals surface area contributed by atoms with Crippen molar-refractivity contribution in [2.75, 3.05) is 24.4 Å². The van der Waals surface area contributed by atoms with Gasteiger partial charge in [-0.05, 0) is 25.0 Å². The third kappa shape index (κ3) is 5.78. The monoisotopic (exact) mass is 668 g/mol. The number of aliphatic hydroxyl groups is 6. The van der Waals surface area contributed by atoms with Crippen molar-refractivity contribution < 1.29 is 54.6 Å². The van der Waals surface area contributed by atoms with Crippen LogP contribution < -0.4 is 11.5 Å². The molecule has 3 unspecified atom stereocenters. The number of nitrogens with two attached hydrogens (primary N) is 2. The van der Waals surface area contributed by atoms with Crippen LogP contribution in [0.1, 0.15) is 39.1 Å². The number of hydrogen-bond acceptors (Lipinski definition) is 17. The smallest absolute Gasteiger partial charge is 0.232 e. The van der Waals surface area contributed by atoms with Crippen LogP contribution >= 0.6 is 8.38 Å². The topological polar surface area (TPSA) is 292 Å². The quantitative estimate of drug-likeness (QED) is 0.0585. The molecule has 0 radical (unpaired) electrons. The summed E-state index contributed by atoms with van der Waals surface area (Å²) >= 11 is 0. The first-order valence-electron chi connectivity index (χ1n) is 14.2. The second kappa shape index (κ2) is 13.5. The van der Waals surface area contributed by atoms with E-state index >= 15 is 0 Å². The van der Waals surface area contributed by atoms with Gasteiger partial charge in [0.05, 0.1) is 17.4 Å². The number of rotatable bonds is 9. The van der Waals surface area contributed by atoms with Crippen molar-refractivity contribution >= 4 is 42.1 Å². The highest BCUT2D eigenvalue weighted by Crippen LogP contribution is 2.44. The van der Waals surface area contributed by atoms with Crippen LogP contribution in [-0.2, 0) is 19.0 Å². The van der Waals surface area contributed by atoms with Gasteiger partial charge in [0.1, 0.15) is 71.4 Å². The standard InChI is InChI=1S/C13H19N4O7P.C13H18N4O4/c1-2-13(20)8(19)11(23-24-25(21)6-18)22-12(13)17-4-3-7-9(14)15-5-16-10(7)17;1-2-13(20)9(19)8(5-18)21-12(13)17-4-3-7-10(14)15-6-16-11(7)17/h3-5,8,11-12,18-21H,2,6H2,1H3,(H2,14,15,16);3-4,6,8-9,12,18-20H,2,5H2,1H3,(H2,14,15,16)/t8-,11+,12+,13?,25?;8-,9+,12-,13?/m01/s1. The van der Waals surface area contributed by atoms with Gasteiger partial charge in [0.2, 0.25) is 14.7 Å². The van der Waals surface area contributed by atoms with Crippen molar-refractivity contribution in [1.29, 1.82) is 0 Å². The molecule has 11 N–H and O–H groups in total. The first-order valence-corrected chi connectivity index (χ1v) is 15.6. The predicted molar refractivity (Wildman–Crippen MR) is 160 cm³/mol. The van der Waals surface area contributed by atoms with Gasteiger partial charge in [-0.1, -0.05) is 13.8 Å². The van der Waals surface area contributed by atoms with Gasteiger partial charge in [-0.15, -0.1) is 0 Å². The SMILES string of the molecule is CCC1(O)[C@@H](O)[C@@H](CO)O[C@H]1n1ccc2c(N)ncnc21.CCC1(O)[C@@H](O)[C@@H](OOP(O)CO)O[C@H]1n1ccc2c(N)ncnc21. The summed E-state index contributed by atoms with van der Waals surface area (Å²) in [6, 6.07) is 3.39. The van der Waals surface area contributed by atoms with E-state index in [1.807, 2.05) is 0 Å². The lowest BCUT2D eigenvalue weighted by atomic mass is 9.91. The molecule has 6 heterocycles. The second-order valence-electron chi connectivity index (χ2n) is 10.7. The molecule has 6 rings (SSSR count). The maximum atomic E-state index is 10.9. The Balaban J connectivity index is 0.000000184. The van der Waals surface area contributed by atoms with Crippen LogP contribution in [0.5, 0.6) is 0 Å². The van der Waals surface area contributed by atoms with Crippen molar-refractivity contribution in [1.82, 2.24) is 29.1 Å². The number of fused-ring (bicyclic) bond motifs is 2. The van der Waals surface area contributed by atoms with Gasteiger partial charge in [0, 0.05) is 12.4 Å². The molecule has 2 fully saturated rings. The molecule has 19 nitrogen and oxygen atoms in total. The molecule has 252 valence electrons. The van der Waals surface area contributed by atoms with Gasteiger partial charge in [-0.2, -0.15) is 9.56 Å². The Hall–Kier alpha value is -3.17. The van der Waals surface area contributed by atoms with E-state index in [9.17, 15) is 30.4 Å². The lowest BCUT2D eigenvalue weighted by molar-refractivity contribution is -0.332. The Kier molecular flexibility index (Phi) is 10.0. The van der Waals surface area contributed by atoms with Gasteiger partial charge in [0.25, 0.3) is 0 Å². The Morgan fingerprint density at radius 1 is 0.848 bits per heavy atom. The molecule has 2 aliphatic heterocycles. The van der Waals surface area contributed by atoms with Gasteiger partial charge in [0.15, 0.2) is 12.5 Å². The zero-order valence-corrected chi connectivity index (χ0v) is 25.7. The number of aliphatic hydroxyl groups excluding tert-OH is 4. The third-order valence-corrected chi connectivity index (χ3v) is 8.80. The fourth-order valence-electron chi connectivity index (χ4n) is 5.60. The van der Waals surface area contributed by atoms with Crippen molar-refractivity contribution in [2.45, 2.75) is 74.9 Å². The number of ether oxygens (including phenoxy) is 2. The minimum Gasteiger partial charge on any atom is -0.394 e. The summed E-state index contributed by atoms with van der Waals surface area (Å²) in [6.07, 6.45) is -1.16. The highest BCUT2D eigenvalue weighted by Gasteiger charge is 2.57. The summed E-state index contributed by atoms with van der Waals surface area (Å²) < 4.78 is 18.9. The van der Waals surface area contributed by atoms with Gasteiger partial charge in [-0.3, -0.25) is 0 Å². The highest BCUT2D eigenvalue weighted by molar-refractivity contribution is 7.45. The zero-order valence-electron chi connectivity index (χ0n) is 24.8. The minimum atomic E-state index is -2.22. The summed E-state index contributed by atoms with van der Waals surface area (Å²) in [6.45, 7) is 3.04. The van der Waals surface area contributed by atoms with Gasteiger partial charge >= 0.3 is 0 Å². The molecule has 2 aliphatic rings. The summed E-state index contributed by atoms with van der Waals surface area (Å²) in [7, 11) is -2.22. The summed E-state index contributed by atoms with van der Waals surface area (Å²) in [4.78, 5) is 30.2. The van der Waals surface area contributed by atoms with E-state index in [-0.39, 0.29) is 25.3 Å². The van der Waals surface area contributed by atoms with Crippen LogP contribution in [0.4, 0.5) is 11.6 Å². The maximum absolute atomic E-state index is 10.9. The first kappa shape index (κ1) is 34.2. The third-order valence-electron chi connectivity index (χ3n) is 8.30. The second-order valence-corrected chi connectivity index (χ2v) is 11.9. The summed E-state index contributed by atoms with van der Waals surface area (Å²) in [5, 5.41) is 61.5. The average molecular weight is 669 g/mol. The number of nitrogens with zero attached hydrogens (tertiary/aromatic N) is 6. The molecule has 0 aromatic carbocycles. The molecular weight excluding hydrogens is 631 g/mol. The molecular formula is C26H37N8O11P. The van der Waals surface area contributed by atoms with E-state index in [1.54, 1.807) is 42.9 Å². The van der Waals surface area contributed by atoms with Crippen molar-refractivity contribution in [3.63, 3.8) is 0 Å². The number of anilines is 2. The minimum absolute atomic E-state index is 0.132. The Morgan fingerprint density at radius 3 is 1.83 bits per heavy atom. The Morgan fingerprint density at radius 2 is 1.35 bits per heavy atom. The van der Waals surface area contributed by atoms with E-state index in [4.69, 9.17) is 30.9 Å². The molecule has 4 aromatic heterocycles. The largest absolute Gasteiger partial charge is 0.394 e. The molecule has 2 saturated heterocycles. The average Bonchev–Trinajstić information content (AvgIpc) is 3.81. The summed E-state index contributed by atoms with van der Waals surface area (Å²) in [5.74, 6) is 0.600.